The number of imidazole rings is 1. The van der Waals surface area contributed by atoms with Crippen LogP contribution in [0.5, 0.6) is 0 Å². The van der Waals surface area contributed by atoms with Crippen LogP contribution in [0.2, 0.25) is 0 Å². The maximum atomic E-state index is 14.0. The molecule has 2 heterocycles. The van der Waals surface area contributed by atoms with E-state index in [1.807, 2.05) is 41.5 Å². The third-order valence-electron chi connectivity index (χ3n) is 8.00. The lowest BCUT2D eigenvalue weighted by atomic mass is 9.80. The van der Waals surface area contributed by atoms with Crippen molar-refractivity contribution in [3.05, 3.63) is 47.3 Å². The van der Waals surface area contributed by atoms with Crippen LogP contribution in [-0.4, -0.2) is 73.7 Å². The molecule has 11 heteroatoms. The molecule has 0 aliphatic carbocycles. The summed E-state index contributed by atoms with van der Waals surface area (Å²) in [6, 6.07) is -0.560. The van der Waals surface area contributed by atoms with E-state index in [2.05, 4.69) is 15.0 Å². The Hall–Kier alpha value is -2.99. The summed E-state index contributed by atoms with van der Waals surface area (Å²) < 4.78 is 0. The third-order valence-corrected chi connectivity index (χ3v) is 8.00. The van der Waals surface area contributed by atoms with Crippen LogP contribution in [0.15, 0.2) is 24.8 Å². The van der Waals surface area contributed by atoms with Crippen molar-refractivity contribution in [2.75, 3.05) is 7.05 Å². The summed E-state index contributed by atoms with van der Waals surface area (Å²) in [5.41, 5.74) is 20.0. The average molecular weight is 586 g/mol. The quantitative estimate of drug-likeness (QED) is 0.173. The van der Waals surface area contributed by atoms with E-state index in [9.17, 15) is 19.5 Å². The maximum Gasteiger partial charge on any atom is 0.239 e. The number of aromatic amines is 1. The Kier molecular flexibility index (Phi) is 13.4. The number of likely N-dealkylation sites (N-methyl/N-ethyl adjacent to an activating group) is 1. The molecule has 0 fully saturated rings. The zero-order valence-corrected chi connectivity index (χ0v) is 26.2. The normalized spacial score (nSPS) is 16.1. The first kappa shape index (κ1) is 35.2. The first-order valence-electron chi connectivity index (χ1n) is 14.9. The van der Waals surface area contributed by atoms with Crippen molar-refractivity contribution in [3.8, 4) is 0 Å². The maximum absolute atomic E-state index is 14.0. The van der Waals surface area contributed by atoms with Gasteiger partial charge in [0.2, 0.25) is 5.91 Å². The first-order valence-corrected chi connectivity index (χ1v) is 14.9. The van der Waals surface area contributed by atoms with Crippen LogP contribution in [-0.2, 0) is 17.8 Å². The fourth-order valence-corrected chi connectivity index (χ4v) is 5.00. The molecule has 0 radical (unpaired) electrons. The number of nitrogens with two attached hydrogens (primary N) is 3. The lowest BCUT2D eigenvalue weighted by molar-refractivity contribution is -0.133. The summed E-state index contributed by atoms with van der Waals surface area (Å²) in [6.45, 7) is 11.8. The molecule has 6 atom stereocenters. The Morgan fingerprint density at radius 2 is 1.64 bits per heavy atom. The largest absolute Gasteiger partial charge is 0.391 e. The van der Waals surface area contributed by atoms with Gasteiger partial charge in [-0.1, -0.05) is 48.0 Å². The zero-order chi connectivity index (χ0) is 31.7. The van der Waals surface area contributed by atoms with Gasteiger partial charge in [0.05, 0.1) is 42.4 Å². The van der Waals surface area contributed by atoms with Crippen molar-refractivity contribution >= 4 is 17.5 Å². The number of hydrogen-bond donors (Lipinski definition) is 5. The van der Waals surface area contributed by atoms with E-state index < -0.39 is 35.9 Å². The predicted molar refractivity (Wildman–Crippen MR) is 163 cm³/mol. The van der Waals surface area contributed by atoms with Gasteiger partial charge in [-0.3, -0.25) is 19.4 Å². The van der Waals surface area contributed by atoms with Gasteiger partial charge in [0, 0.05) is 48.9 Å². The molecule has 0 saturated carbocycles. The lowest BCUT2D eigenvalue weighted by Crippen LogP contribution is -2.45. The third kappa shape index (κ3) is 9.52. The summed E-state index contributed by atoms with van der Waals surface area (Å²) in [4.78, 5) is 53.6. The Balaban J connectivity index is 2.45. The Labute approximate surface area is 250 Å². The zero-order valence-electron chi connectivity index (χ0n) is 26.2. The van der Waals surface area contributed by atoms with Crippen molar-refractivity contribution in [1.82, 2.24) is 19.9 Å². The molecule has 0 aliphatic rings. The number of H-pyrrole nitrogens is 1. The highest BCUT2D eigenvalue weighted by Crippen LogP contribution is 2.27. The van der Waals surface area contributed by atoms with Gasteiger partial charge < -0.3 is 32.2 Å². The standard InChI is InChI=1S/C31H51N7O4/c1-8-19(6)28(34)31(42)38(7)15-21-10-23(30(41)26(33)11-20-13-35-16-37-20)24(14-36-21)29(40)22(18(4)5)12-27(39)25(32)9-17(2)3/h10,13-14,16-19,22,25-28,39H,8-9,11-12,15,32-34H2,1-7H3,(H,35,37)/t19-,22?,25-,26-,27-,28-/m0/s1. The molecular weight excluding hydrogens is 534 g/mol. The number of nitrogens with one attached hydrogen (secondary N) is 1. The molecule has 0 bridgehead atoms. The second kappa shape index (κ2) is 16.0. The van der Waals surface area contributed by atoms with E-state index in [0.29, 0.717) is 23.7 Å². The van der Waals surface area contributed by atoms with E-state index in [0.717, 1.165) is 6.42 Å². The second-order valence-electron chi connectivity index (χ2n) is 12.4. The minimum atomic E-state index is -0.962. The molecule has 2 rings (SSSR count). The van der Waals surface area contributed by atoms with Crippen LogP contribution >= 0.6 is 0 Å². The minimum absolute atomic E-state index is 0.00191. The molecule has 1 unspecified atom stereocenters. The highest BCUT2D eigenvalue weighted by molar-refractivity contribution is 6.11. The van der Waals surface area contributed by atoms with Gasteiger partial charge >= 0.3 is 0 Å². The molecule has 1 amide bonds. The fraction of sp³-hybridized carbons (Fsp3) is 0.645. The highest BCUT2D eigenvalue weighted by atomic mass is 16.3. The Morgan fingerprint density at radius 3 is 2.19 bits per heavy atom. The van der Waals surface area contributed by atoms with E-state index in [1.165, 1.54) is 23.5 Å². The SMILES string of the molecule is CC[C@H](C)[C@H](N)C(=O)N(C)Cc1cc(C(=O)[C@@H](N)Cc2c[nH]cn2)c(C(=O)C(C[C@H](O)[C@@H](N)CC(C)C)C(C)C)cn1. The van der Waals surface area contributed by atoms with Gasteiger partial charge in [0.25, 0.3) is 0 Å². The Morgan fingerprint density at radius 1 is 0.976 bits per heavy atom. The van der Waals surface area contributed by atoms with E-state index >= 15 is 0 Å². The second-order valence-corrected chi connectivity index (χ2v) is 12.4. The number of ketones is 2. The first-order chi connectivity index (χ1) is 19.7. The molecule has 2 aromatic rings. The van der Waals surface area contributed by atoms with Crippen molar-refractivity contribution in [1.29, 1.82) is 0 Å². The minimum Gasteiger partial charge on any atom is -0.391 e. The van der Waals surface area contributed by atoms with Crippen molar-refractivity contribution in [2.24, 2.45) is 40.9 Å². The number of carbonyl (C=O) groups excluding carboxylic acids is 3. The van der Waals surface area contributed by atoms with Crippen LogP contribution < -0.4 is 17.2 Å². The van der Waals surface area contributed by atoms with Gasteiger partial charge in [0.1, 0.15) is 0 Å². The summed E-state index contributed by atoms with van der Waals surface area (Å²) in [6.07, 6.45) is 5.38. The number of aliphatic hydroxyl groups is 1. The topological polar surface area (TPSA) is 194 Å². The van der Waals surface area contributed by atoms with Crippen molar-refractivity contribution in [2.45, 2.75) is 98.0 Å². The molecule has 234 valence electrons. The molecule has 0 aliphatic heterocycles. The van der Waals surface area contributed by atoms with E-state index in [-0.39, 0.29) is 54.0 Å². The lowest BCUT2D eigenvalue weighted by Gasteiger charge is -2.27. The van der Waals surface area contributed by atoms with Gasteiger partial charge in [-0.2, -0.15) is 0 Å². The molecule has 8 N–H and O–H groups in total. The van der Waals surface area contributed by atoms with Crippen LogP contribution in [0.1, 0.15) is 92.9 Å². The number of carbonyl (C=O) groups is 3. The van der Waals surface area contributed by atoms with Crippen LogP contribution in [0.4, 0.5) is 0 Å². The number of aliphatic hydroxyl groups excluding tert-OH is 1. The summed E-state index contributed by atoms with van der Waals surface area (Å²) in [7, 11) is 1.63. The highest BCUT2D eigenvalue weighted by Gasteiger charge is 2.33. The summed E-state index contributed by atoms with van der Waals surface area (Å²) >= 11 is 0. The number of pyridine rings is 1. The molecule has 42 heavy (non-hydrogen) atoms. The molecule has 0 saturated heterocycles. The molecule has 0 spiro atoms. The fourth-order valence-electron chi connectivity index (χ4n) is 5.00. The van der Waals surface area contributed by atoms with Crippen LogP contribution in [0.25, 0.3) is 0 Å². The monoisotopic (exact) mass is 585 g/mol. The average Bonchev–Trinajstić information content (AvgIpc) is 3.46. The molecule has 2 aromatic heterocycles. The van der Waals surface area contributed by atoms with E-state index in [1.54, 1.807) is 13.2 Å². The number of amides is 1. The number of rotatable bonds is 17. The van der Waals surface area contributed by atoms with Gasteiger partial charge in [-0.05, 0) is 36.7 Å². The van der Waals surface area contributed by atoms with E-state index in [4.69, 9.17) is 17.2 Å². The van der Waals surface area contributed by atoms with Crippen LogP contribution in [0, 0.1) is 23.7 Å². The van der Waals surface area contributed by atoms with Gasteiger partial charge in [-0.25, -0.2) is 4.98 Å². The van der Waals surface area contributed by atoms with Gasteiger partial charge in [-0.15, -0.1) is 0 Å². The number of hydrogen-bond acceptors (Lipinski definition) is 9. The molecular formula is C31H51N7O4. The predicted octanol–water partition coefficient (Wildman–Crippen LogP) is 2.47. The molecule has 0 aromatic carbocycles. The smallest absolute Gasteiger partial charge is 0.239 e. The number of Topliss-reactive ketones (excluding diaryl/α,β-unsaturated/α-hetero) is 2. The van der Waals surface area contributed by atoms with Crippen LogP contribution in [0.3, 0.4) is 0 Å². The summed E-state index contributed by atoms with van der Waals surface area (Å²) in [5.74, 6) is -1.41. The summed E-state index contributed by atoms with van der Waals surface area (Å²) in [5, 5.41) is 10.9. The number of aromatic nitrogens is 3. The van der Waals surface area contributed by atoms with Gasteiger partial charge in [0.15, 0.2) is 11.6 Å². The number of nitrogens with zero attached hydrogens (tertiary/aromatic N) is 3. The van der Waals surface area contributed by atoms with Crippen molar-refractivity contribution < 1.29 is 19.5 Å². The van der Waals surface area contributed by atoms with Crippen molar-refractivity contribution in [3.63, 3.8) is 0 Å². The molecule has 11 nitrogen and oxygen atoms in total. The Bertz CT molecular complexity index is 1170.